The van der Waals surface area contributed by atoms with Crippen LogP contribution in [0, 0.1) is 6.92 Å². The lowest BCUT2D eigenvalue weighted by Crippen LogP contribution is -2.34. The topological polar surface area (TPSA) is 29.1 Å². The summed E-state index contributed by atoms with van der Waals surface area (Å²) in [5.41, 5.74) is 1.19. The van der Waals surface area contributed by atoms with Crippen LogP contribution in [0.3, 0.4) is 0 Å². The third-order valence-electron chi connectivity index (χ3n) is 4.18. The van der Waals surface area contributed by atoms with E-state index < -0.39 is 0 Å². The van der Waals surface area contributed by atoms with Crippen LogP contribution in [-0.2, 0) is 0 Å². The van der Waals surface area contributed by atoms with Crippen molar-refractivity contribution in [2.45, 2.75) is 51.5 Å². The van der Waals surface area contributed by atoms with Gasteiger partial charge in [-0.05, 0) is 31.4 Å². The summed E-state index contributed by atoms with van der Waals surface area (Å²) in [6.07, 6.45) is 7.18. The molecule has 0 atom stereocenters. The minimum atomic E-state index is -0.00856. The van der Waals surface area contributed by atoms with E-state index in [1.165, 1.54) is 42.6 Å². The molecule has 0 aliphatic heterocycles. The Morgan fingerprint density at radius 1 is 1.24 bits per heavy atom. The lowest BCUT2D eigenvalue weighted by molar-refractivity contribution is 0.0937. The summed E-state index contributed by atoms with van der Waals surface area (Å²) in [4.78, 5) is 13.2. The second-order valence-electron chi connectivity index (χ2n) is 5.91. The number of benzene rings is 1. The first-order valence-electron chi connectivity index (χ1n) is 7.64. The summed E-state index contributed by atoms with van der Waals surface area (Å²) in [5.74, 6) is -0.00856. The molecule has 1 aliphatic rings. The van der Waals surface area contributed by atoms with Gasteiger partial charge in [0.2, 0.25) is 0 Å². The quantitative estimate of drug-likeness (QED) is 0.745. The predicted molar refractivity (Wildman–Crippen MR) is 90.5 cm³/mol. The molecule has 4 heteroatoms. The Labute approximate surface area is 134 Å². The van der Waals surface area contributed by atoms with Gasteiger partial charge in [-0.3, -0.25) is 4.79 Å². The standard InChI is InChI=1S/C17H20ClNOS/c1-11-8-9-13-14(10-11)21-16(15(13)18)17(20)19-12-6-4-2-3-5-7-12/h8-10,12H,2-7H2,1H3,(H,19,20). The van der Waals surface area contributed by atoms with E-state index >= 15 is 0 Å². The van der Waals surface area contributed by atoms with Crippen LogP contribution in [-0.4, -0.2) is 11.9 Å². The molecule has 2 aromatic rings. The van der Waals surface area contributed by atoms with Crippen LogP contribution in [0.25, 0.3) is 10.1 Å². The molecular formula is C17H20ClNOS. The fraction of sp³-hybridized carbons (Fsp3) is 0.471. The molecule has 0 spiro atoms. The van der Waals surface area contributed by atoms with Gasteiger partial charge in [0.25, 0.3) is 5.91 Å². The smallest absolute Gasteiger partial charge is 0.263 e. The zero-order valence-corrected chi connectivity index (χ0v) is 13.8. The van der Waals surface area contributed by atoms with Gasteiger partial charge in [0.05, 0.1) is 5.02 Å². The number of rotatable bonds is 2. The number of nitrogens with one attached hydrogen (secondary N) is 1. The van der Waals surface area contributed by atoms with E-state index in [1.54, 1.807) is 0 Å². The summed E-state index contributed by atoms with van der Waals surface area (Å²) in [7, 11) is 0. The number of fused-ring (bicyclic) bond motifs is 1. The number of thiophene rings is 1. The van der Waals surface area contributed by atoms with Gasteiger partial charge in [-0.2, -0.15) is 0 Å². The Morgan fingerprint density at radius 3 is 2.67 bits per heavy atom. The second kappa shape index (κ2) is 6.37. The molecule has 1 aromatic heterocycles. The zero-order chi connectivity index (χ0) is 14.8. The van der Waals surface area contributed by atoms with Gasteiger partial charge in [0, 0.05) is 16.1 Å². The van der Waals surface area contributed by atoms with Gasteiger partial charge in [0.1, 0.15) is 4.88 Å². The average molecular weight is 322 g/mol. The molecular weight excluding hydrogens is 302 g/mol. The van der Waals surface area contributed by atoms with Gasteiger partial charge in [-0.25, -0.2) is 0 Å². The van der Waals surface area contributed by atoms with Crippen LogP contribution in [0.2, 0.25) is 5.02 Å². The monoisotopic (exact) mass is 321 g/mol. The van der Waals surface area contributed by atoms with Crippen molar-refractivity contribution < 1.29 is 4.79 Å². The van der Waals surface area contributed by atoms with E-state index in [4.69, 9.17) is 11.6 Å². The highest BCUT2D eigenvalue weighted by atomic mass is 35.5. The molecule has 1 heterocycles. The Balaban J connectivity index is 1.82. The highest BCUT2D eigenvalue weighted by Gasteiger charge is 2.20. The first kappa shape index (κ1) is 14.9. The van der Waals surface area contributed by atoms with Crippen molar-refractivity contribution in [3.8, 4) is 0 Å². The zero-order valence-electron chi connectivity index (χ0n) is 12.2. The molecule has 1 amide bonds. The molecule has 1 N–H and O–H groups in total. The van der Waals surface area contributed by atoms with Crippen molar-refractivity contribution in [1.29, 1.82) is 0 Å². The first-order chi connectivity index (χ1) is 10.1. The molecule has 1 fully saturated rings. The van der Waals surface area contributed by atoms with Crippen molar-refractivity contribution in [2.75, 3.05) is 0 Å². The van der Waals surface area contributed by atoms with Gasteiger partial charge < -0.3 is 5.32 Å². The number of hydrogen-bond acceptors (Lipinski definition) is 2. The number of aryl methyl sites for hydroxylation is 1. The lowest BCUT2D eigenvalue weighted by atomic mass is 10.1. The minimum Gasteiger partial charge on any atom is -0.349 e. The molecule has 1 saturated carbocycles. The number of amides is 1. The molecule has 1 aliphatic carbocycles. The fourth-order valence-corrected chi connectivity index (χ4v) is 4.51. The summed E-state index contributed by atoms with van der Waals surface area (Å²) in [6, 6.07) is 6.44. The van der Waals surface area contributed by atoms with Crippen molar-refractivity contribution >= 4 is 38.9 Å². The molecule has 112 valence electrons. The van der Waals surface area contributed by atoms with Crippen molar-refractivity contribution in [2.24, 2.45) is 0 Å². The summed E-state index contributed by atoms with van der Waals surface area (Å²) in [5, 5.41) is 4.76. The van der Waals surface area contributed by atoms with E-state index in [2.05, 4.69) is 18.3 Å². The van der Waals surface area contributed by atoms with Crippen LogP contribution in [0.1, 0.15) is 53.8 Å². The lowest BCUT2D eigenvalue weighted by Gasteiger charge is -2.15. The highest BCUT2D eigenvalue weighted by Crippen LogP contribution is 2.36. The number of carbonyl (C=O) groups is 1. The van der Waals surface area contributed by atoms with Crippen LogP contribution in [0.4, 0.5) is 0 Å². The van der Waals surface area contributed by atoms with E-state index in [1.807, 2.05) is 12.1 Å². The predicted octanol–water partition coefficient (Wildman–Crippen LogP) is 5.32. The molecule has 1 aromatic carbocycles. The average Bonchev–Trinajstić information content (AvgIpc) is 2.64. The van der Waals surface area contributed by atoms with Crippen molar-refractivity contribution in [3.05, 3.63) is 33.7 Å². The molecule has 3 rings (SSSR count). The molecule has 2 nitrogen and oxygen atoms in total. The molecule has 0 saturated heterocycles. The fourth-order valence-electron chi connectivity index (χ4n) is 2.99. The SMILES string of the molecule is Cc1ccc2c(Cl)c(C(=O)NC3CCCCCC3)sc2c1. The normalized spacial score (nSPS) is 16.9. The summed E-state index contributed by atoms with van der Waals surface area (Å²) >= 11 is 7.90. The Kier molecular flexibility index (Phi) is 4.51. The Hall–Kier alpha value is -1.06. The van der Waals surface area contributed by atoms with Crippen molar-refractivity contribution in [3.63, 3.8) is 0 Å². The van der Waals surface area contributed by atoms with E-state index in [0.29, 0.717) is 15.9 Å². The van der Waals surface area contributed by atoms with Crippen LogP contribution in [0.5, 0.6) is 0 Å². The summed E-state index contributed by atoms with van der Waals surface area (Å²) < 4.78 is 1.09. The Bertz CT molecular complexity index is 656. The van der Waals surface area contributed by atoms with Gasteiger partial charge in [-0.15, -0.1) is 11.3 Å². The Morgan fingerprint density at radius 2 is 1.95 bits per heavy atom. The minimum absolute atomic E-state index is 0.00856. The van der Waals surface area contributed by atoms with Crippen LogP contribution < -0.4 is 5.32 Å². The van der Waals surface area contributed by atoms with E-state index in [-0.39, 0.29) is 5.91 Å². The largest absolute Gasteiger partial charge is 0.349 e. The molecule has 0 bridgehead atoms. The van der Waals surface area contributed by atoms with Crippen molar-refractivity contribution in [1.82, 2.24) is 5.32 Å². The van der Waals surface area contributed by atoms with Crippen LogP contribution >= 0.6 is 22.9 Å². The van der Waals surface area contributed by atoms with E-state index in [0.717, 1.165) is 22.9 Å². The molecule has 21 heavy (non-hydrogen) atoms. The third-order valence-corrected chi connectivity index (χ3v) is 5.84. The molecule has 0 radical (unpaired) electrons. The number of carbonyl (C=O) groups excluding carboxylic acids is 1. The first-order valence-corrected chi connectivity index (χ1v) is 8.84. The van der Waals surface area contributed by atoms with Gasteiger partial charge in [-0.1, -0.05) is 49.4 Å². The van der Waals surface area contributed by atoms with Gasteiger partial charge in [0.15, 0.2) is 0 Å². The highest BCUT2D eigenvalue weighted by molar-refractivity contribution is 7.21. The maximum Gasteiger partial charge on any atom is 0.263 e. The number of halogens is 1. The second-order valence-corrected chi connectivity index (χ2v) is 7.34. The van der Waals surface area contributed by atoms with Crippen LogP contribution in [0.15, 0.2) is 18.2 Å². The van der Waals surface area contributed by atoms with Gasteiger partial charge >= 0.3 is 0 Å². The molecule has 0 unspecified atom stereocenters. The maximum absolute atomic E-state index is 12.5. The number of hydrogen-bond donors (Lipinski definition) is 1. The van der Waals surface area contributed by atoms with E-state index in [9.17, 15) is 4.79 Å². The maximum atomic E-state index is 12.5. The third kappa shape index (κ3) is 3.24. The summed E-state index contributed by atoms with van der Waals surface area (Å²) in [6.45, 7) is 2.05.